The molecule has 1 aromatic heterocycles. The van der Waals surface area contributed by atoms with Crippen molar-refractivity contribution in [3.8, 4) is 5.75 Å². The number of nitrogens with one attached hydrogen (secondary N) is 1. The lowest BCUT2D eigenvalue weighted by atomic mass is 9.99. The number of aryl methyl sites for hydroxylation is 1. The van der Waals surface area contributed by atoms with Gasteiger partial charge < -0.3 is 19.5 Å². The zero-order chi connectivity index (χ0) is 18.5. The predicted molar refractivity (Wildman–Crippen MR) is 96.4 cm³/mol. The summed E-state index contributed by atoms with van der Waals surface area (Å²) in [4.78, 5) is 30.7. The van der Waals surface area contributed by atoms with Crippen LogP contribution < -0.4 is 10.1 Å². The first-order valence-corrected chi connectivity index (χ1v) is 8.81. The van der Waals surface area contributed by atoms with Crippen molar-refractivity contribution >= 4 is 11.8 Å². The Hall–Kier alpha value is -2.83. The van der Waals surface area contributed by atoms with Gasteiger partial charge in [0.15, 0.2) is 6.61 Å². The van der Waals surface area contributed by atoms with E-state index in [9.17, 15) is 9.59 Å². The molecule has 0 unspecified atom stereocenters. The van der Waals surface area contributed by atoms with Gasteiger partial charge in [0, 0.05) is 44.9 Å². The van der Waals surface area contributed by atoms with Crippen LogP contribution in [0, 0.1) is 5.92 Å². The maximum absolute atomic E-state index is 12.3. The van der Waals surface area contributed by atoms with E-state index in [2.05, 4.69) is 10.3 Å². The smallest absolute Gasteiger partial charge is 0.257 e. The molecule has 2 heterocycles. The summed E-state index contributed by atoms with van der Waals surface area (Å²) in [6.45, 7) is 2.95. The summed E-state index contributed by atoms with van der Waals surface area (Å²) in [6.07, 6.45) is 4.01. The first-order valence-electron chi connectivity index (χ1n) is 8.81. The molecule has 0 radical (unpaired) electrons. The third-order valence-electron chi connectivity index (χ3n) is 4.68. The van der Waals surface area contributed by atoms with E-state index in [1.165, 1.54) is 0 Å². The minimum Gasteiger partial charge on any atom is -0.484 e. The lowest BCUT2D eigenvalue weighted by Gasteiger charge is -2.27. The van der Waals surface area contributed by atoms with Gasteiger partial charge in [-0.2, -0.15) is 0 Å². The number of rotatable bonds is 7. The number of carbonyl (C=O) groups excluding carboxylic acids is 2. The molecule has 7 nitrogen and oxygen atoms in total. The number of likely N-dealkylation sites (tertiary alicyclic amines) is 1. The molecule has 3 rings (SSSR count). The monoisotopic (exact) mass is 356 g/mol. The lowest BCUT2D eigenvalue weighted by Crippen LogP contribution is -2.36. The van der Waals surface area contributed by atoms with E-state index < -0.39 is 0 Å². The normalized spacial score (nSPS) is 19.6. The standard InChI is InChI=1S/C19H24N4O3/c1-3-23-17(25)11-14(18(23)19-20-9-10-22(19)2)12-21-16(24)13-26-15-7-5-4-6-8-15/h4-10,14,18H,3,11-13H2,1-2H3,(H,21,24)/t14-,18+/m0/s1. The highest BCUT2D eigenvalue weighted by molar-refractivity contribution is 5.80. The van der Waals surface area contributed by atoms with E-state index in [0.29, 0.717) is 25.3 Å². The molecule has 7 heteroatoms. The summed E-state index contributed by atoms with van der Waals surface area (Å²) < 4.78 is 7.39. The first-order chi connectivity index (χ1) is 12.6. The molecule has 1 fully saturated rings. The molecule has 2 atom stereocenters. The van der Waals surface area contributed by atoms with Crippen LogP contribution in [-0.4, -0.2) is 46.0 Å². The van der Waals surface area contributed by atoms with E-state index in [1.54, 1.807) is 18.3 Å². The number of nitrogens with zero attached hydrogens (tertiary/aromatic N) is 3. The van der Waals surface area contributed by atoms with Crippen LogP contribution in [0.4, 0.5) is 0 Å². The van der Waals surface area contributed by atoms with Gasteiger partial charge in [-0.25, -0.2) is 4.98 Å². The molecular formula is C19H24N4O3. The molecule has 26 heavy (non-hydrogen) atoms. The minimum absolute atomic E-state index is 0.00998. The molecule has 0 saturated carbocycles. The fraction of sp³-hybridized carbons (Fsp3) is 0.421. The van der Waals surface area contributed by atoms with Crippen LogP contribution in [0.25, 0.3) is 0 Å². The van der Waals surface area contributed by atoms with Gasteiger partial charge in [-0.3, -0.25) is 9.59 Å². The Kier molecular flexibility index (Phi) is 5.55. The Labute approximate surface area is 153 Å². The minimum atomic E-state index is -0.199. The number of hydrogen-bond donors (Lipinski definition) is 1. The molecule has 0 aliphatic carbocycles. The lowest BCUT2D eigenvalue weighted by molar-refractivity contribution is -0.129. The van der Waals surface area contributed by atoms with E-state index >= 15 is 0 Å². The van der Waals surface area contributed by atoms with E-state index in [4.69, 9.17) is 4.74 Å². The van der Waals surface area contributed by atoms with Gasteiger partial charge in [-0.05, 0) is 19.1 Å². The first kappa shape index (κ1) is 18.0. The summed E-state index contributed by atoms with van der Waals surface area (Å²) in [5, 5.41) is 2.89. The number of aromatic nitrogens is 2. The van der Waals surface area contributed by atoms with Crippen LogP contribution in [-0.2, 0) is 16.6 Å². The van der Waals surface area contributed by atoms with Crippen molar-refractivity contribution in [3.05, 3.63) is 48.5 Å². The fourth-order valence-corrected chi connectivity index (χ4v) is 3.39. The molecule has 1 aromatic carbocycles. The van der Waals surface area contributed by atoms with Crippen LogP contribution in [0.5, 0.6) is 5.75 Å². The zero-order valence-corrected chi connectivity index (χ0v) is 15.1. The molecule has 1 N–H and O–H groups in total. The number of benzene rings is 1. The number of imidazole rings is 1. The Morgan fingerprint density at radius 1 is 1.35 bits per heavy atom. The Bertz CT molecular complexity index is 759. The van der Waals surface area contributed by atoms with Crippen molar-refractivity contribution in [1.82, 2.24) is 19.8 Å². The maximum atomic E-state index is 12.3. The average molecular weight is 356 g/mol. The van der Waals surface area contributed by atoms with Crippen molar-refractivity contribution in [1.29, 1.82) is 0 Å². The topological polar surface area (TPSA) is 76.5 Å². The number of amides is 2. The summed E-state index contributed by atoms with van der Waals surface area (Å²) in [5.41, 5.74) is 0. The van der Waals surface area contributed by atoms with Crippen molar-refractivity contribution in [2.24, 2.45) is 13.0 Å². The van der Waals surface area contributed by atoms with Gasteiger partial charge in [0.05, 0.1) is 6.04 Å². The molecule has 0 bridgehead atoms. The zero-order valence-electron chi connectivity index (χ0n) is 15.1. The van der Waals surface area contributed by atoms with Gasteiger partial charge >= 0.3 is 0 Å². The van der Waals surface area contributed by atoms with Crippen LogP contribution in [0.3, 0.4) is 0 Å². The molecule has 2 aromatic rings. The summed E-state index contributed by atoms with van der Waals surface area (Å²) >= 11 is 0. The number of para-hydroxylation sites is 1. The second-order valence-electron chi connectivity index (χ2n) is 6.39. The molecule has 1 aliphatic rings. The second-order valence-corrected chi connectivity index (χ2v) is 6.39. The van der Waals surface area contributed by atoms with Gasteiger partial charge in [0.25, 0.3) is 5.91 Å². The molecular weight excluding hydrogens is 332 g/mol. The molecule has 1 saturated heterocycles. The van der Waals surface area contributed by atoms with Crippen LogP contribution in [0.15, 0.2) is 42.7 Å². The summed E-state index contributed by atoms with van der Waals surface area (Å²) in [5.74, 6) is 1.39. The third kappa shape index (κ3) is 3.87. The quantitative estimate of drug-likeness (QED) is 0.816. The van der Waals surface area contributed by atoms with Crippen LogP contribution >= 0.6 is 0 Å². The van der Waals surface area contributed by atoms with Gasteiger partial charge in [-0.1, -0.05) is 18.2 Å². The Morgan fingerprint density at radius 2 is 2.12 bits per heavy atom. The Morgan fingerprint density at radius 3 is 2.77 bits per heavy atom. The highest BCUT2D eigenvalue weighted by Crippen LogP contribution is 2.36. The van der Waals surface area contributed by atoms with E-state index in [-0.39, 0.29) is 30.4 Å². The molecule has 1 aliphatic heterocycles. The SMILES string of the molecule is CCN1C(=O)C[C@@H](CNC(=O)COc2ccccc2)[C@@H]1c1nccn1C. The van der Waals surface area contributed by atoms with Gasteiger partial charge in [0.2, 0.25) is 5.91 Å². The Balaban J connectivity index is 1.59. The van der Waals surface area contributed by atoms with Crippen molar-refractivity contribution in [2.45, 2.75) is 19.4 Å². The summed E-state index contributed by atoms with van der Waals surface area (Å²) in [6, 6.07) is 9.09. The fourth-order valence-electron chi connectivity index (χ4n) is 3.39. The predicted octanol–water partition coefficient (Wildman–Crippen LogP) is 1.52. The average Bonchev–Trinajstić information content (AvgIpc) is 3.20. The number of ether oxygens (including phenoxy) is 1. The van der Waals surface area contributed by atoms with E-state index in [0.717, 1.165) is 5.82 Å². The highest BCUT2D eigenvalue weighted by atomic mass is 16.5. The molecule has 2 amide bonds. The number of hydrogen-bond acceptors (Lipinski definition) is 4. The van der Waals surface area contributed by atoms with Gasteiger partial charge in [-0.15, -0.1) is 0 Å². The highest BCUT2D eigenvalue weighted by Gasteiger charge is 2.41. The number of carbonyl (C=O) groups is 2. The van der Waals surface area contributed by atoms with Crippen molar-refractivity contribution in [2.75, 3.05) is 19.7 Å². The summed E-state index contributed by atoms with van der Waals surface area (Å²) in [7, 11) is 1.92. The second kappa shape index (κ2) is 8.03. The van der Waals surface area contributed by atoms with Crippen molar-refractivity contribution < 1.29 is 14.3 Å². The molecule has 138 valence electrons. The molecule has 0 spiro atoms. The van der Waals surface area contributed by atoms with E-state index in [1.807, 2.05) is 47.8 Å². The van der Waals surface area contributed by atoms with Crippen LogP contribution in [0.2, 0.25) is 0 Å². The van der Waals surface area contributed by atoms with Crippen LogP contribution in [0.1, 0.15) is 25.2 Å². The van der Waals surface area contributed by atoms with Crippen molar-refractivity contribution in [3.63, 3.8) is 0 Å². The van der Waals surface area contributed by atoms with Gasteiger partial charge in [0.1, 0.15) is 11.6 Å². The third-order valence-corrected chi connectivity index (χ3v) is 4.68. The maximum Gasteiger partial charge on any atom is 0.257 e. The largest absolute Gasteiger partial charge is 0.484 e.